The van der Waals surface area contributed by atoms with Crippen LogP contribution in [0.4, 0.5) is 0 Å². The lowest BCUT2D eigenvalue weighted by Gasteiger charge is -2.05. The summed E-state index contributed by atoms with van der Waals surface area (Å²) in [5, 5.41) is 1.64. The lowest BCUT2D eigenvalue weighted by molar-refractivity contribution is 0.0467. The number of nitrogens with one attached hydrogen (secondary N) is 1. The van der Waals surface area contributed by atoms with Gasteiger partial charge in [0.2, 0.25) is 0 Å². The summed E-state index contributed by atoms with van der Waals surface area (Å²) in [6.45, 7) is 1.60. The number of nitrogens with zero attached hydrogens (tertiary/aromatic N) is 2. The number of aromatic amines is 1. The molecule has 4 rings (SSSR count). The van der Waals surface area contributed by atoms with Crippen LogP contribution in [-0.2, 0) is 11.3 Å². The molecular formula is C20H14ClN3O3S. The lowest BCUT2D eigenvalue weighted by Crippen LogP contribution is -2.14. The standard InChI is InChI=1S/C20H14ClN3O3S/c1-11-17(28-19(22-11)12-5-3-2-4-6-12)20(26)27-10-16-23-15-9-13(21)7-8-14(15)18(25)24-16/h2-9H,10H2,1H3,(H,23,24,25). The molecule has 0 unspecified atom stereocenters. The third-order valence-electron chi connectivity index (χ3n) is 4.06. The van der Waals surface area contributed by atoms with Crippen molar-refractivity contribution in [2.24, 2.45) is 0 Å². The number of halogens is 1. The van der Waals surface area contributed by atoms with Crippen LogP contribution in [0.3, 0.4) is 0 Å². The third kappa shape index (κ3) is 3.67. The molecule has 2 heterocycles. The number of benzene rings is 2. The van der Waals surface area contributed by atoms with Crippen LogP contribution >= 0.6 is 22.9 Å². The zero-order valence-corrected chi connectivity index (χ0v) is 16.3. The molecule has 0 amide bonds. The number of thiazole rings is 1. The third-order valence-corrected chi connectivity index (χ3v) is 5.48. The zero-order valence-electron chi connectivity index (χ0n) is 14.7. The van der Waals surface area contributed by atoms with Gasteiger partial charge in [-0.3, -0.25) is 4.79 Å². The van der Waals surface area contributed by atoms with E-state index in [4.69, 9.17) is 16.3 Å². The predicted octanol–water partition coefficient (Wildman–Crippen LogP) is 4.37. The Labute approximate surface area is 168 Å². The maximum Gasteiger partial charge on any atom is 0.350 e. The van der Waals surface area contributed by atoms with Crippen LogP contribution in [0.1, 0.15) is 21.2 Å². The van der Waals surface area contributed by atoms with Crippen molar-refractivity contribution in [3.05, 3.63) is 80.3 Å². The minimum atomic E-state index is -0.508. The average molecular weight is 412 g/mol. The molecule has 0 aliphatic carbocycles. The van der Waals surface area contributed by atoms with Crippen LogP contribution in [0, 0.1) is 6.92 Å². The van der Waals surface area contributed by atoms with E-state index in [1.807, 2.05) is 30.3 Å². The van der Waals surface area contributed by atoms with E-state index in [0.29, 0.717) is 26.5 Å². The number of hydrogen-bond donors (Lipinski definition) is 1. The van der Waals surface area contributed by atoms with Crippen molar-refractivity contribution in [2.75, 3.05) is 0 Å². The number of carbonyl (C=O) groups is 1. The summed E-state index contributed by atoms with van der Waals surface area (Å²) in [5.41, 5.74) is 1.67. The Hall–Kier alpha value is -3.03. The Morgan fingerprint density at radius 3 is 2.75 bits per heavy atom. The summed E-state index contributed by atoms with van der Waals surface area (Å²) in [6, 6.07) is 14.4. The quantitative estimate of drug-likeness (QED) is 0.504. The van der Waals surface area contributed by atoms with Gasteiger partial charge in [0.1, 0.15) is 22.3 Å². The van der Waals surface area contributed by atoms with Gasteiger partial charge >= 0.3 is 5.97 Å². The Kier molecular flexibility index (Phi) is 4.93. The number of ether oxygens (including phenoxy) is 1. The predicted molar refractivity (Wildman–Crippen MR) is 109 cm³/mol. The van der Waals surface area contributed by atoms with Gasteiger partial charge in [0, 0.05) is 10.6 Å². The lowest BCUT2D eigenvalue weighted by atomic mass is 10.2. The Balaban J connectivity index is 1.54. The molecule has 8 heteroatoms. The molecule has 0 radical (unpaired) electrons. The number of H-pyrrole nitrogens is 1. The summed E-state index contributed by atoms with van der Waals surface area (Å²) >= 11 is 7.23. The highest BCUT2D eigenvalue weighted by Gasteiger charge is 2.18. The molecule has 2 aromatic heterocycles. The van der Waals surface area contributed by atoms with Crippen LogP contribution in [0.15, 0.2) is 53.3 Å². The van der Waals surface area contributed by atoms with Crippen molar-refractivity contribution in [2.45, 2.75) is 13.5 Å². The van der Waals surface area contributed by atoms with E-state index in [1.54, 1.807) is 25.1 Å². The SMILES string of the molecule is Cc1nc(-c2ccccc2)sc1C(=O)OCc1nc2cc(Cl)ccc2c(=O)[nH]1. The van der Waals surface area contributed by atoms with Crippen LogP contribution in [-0.4, -0.2) is 20.9 Å². The molecule has 0 aliphatic rings. The van der Waals surface area contributed by atoms with E-state index in [9.17, 15) is 9.59 Å². The Morgan fingerprint density at radius 1 is 1.18 bits per heavy atom. The van der Waals surface area contributed by atoms with Crippen LogP contribution in [0.25, 0.3) is 21.5 Å². The van der Waals surface area contributed by atoms with Gasteiger partial charge in [-0.15, -0.1) is 11.3 Å². The van der Waals surface area contributed by atoms with E-state index in [0.717, 1.165) is 10.6 Å². The number of rotatable bonds is 4. The highest BCUT2D eigenvalue weighted by molar-refractivity contribution is 7.17. The van der Waals surface area contributed by atoms with Gasteiger partial charge in [-0.05, 0) is 25.1 Å². The molecule has 1 N–H and O–H groups in total. The number of fused-ring (bicyclic) bond motifs is 1. The molecule has 0 bridgehead atoms. The van der Waals surface area contributed by atoms with Crippen molar-refractivity contribution in [1.29, 1.82) is 0 Å². The molecule has 4 aromatic rings. The Morgan fingerprint density at radius 2 is 1.96 bits per heavy atom. The molecule has 0 spiro atoms. The molecule has 28 heavy (non-hydrogen) atoms. The molecule has 0 saturated carbocycles. The van der Waals surface area contributed by atoms with Crippen molar-refractivity contribution in [1.82, 2.24) is 15.0 Å². The van der Waals surface area contributed by atoms with E-state index in [-0.39, 0.29) is 18.0 Å². The first-order valence-electron chi connectivity index (χ1n) is 8.39. The van der Waals surface area contributed by atoms with Gasteiger partial charge < -0.3 is 9.72 Å². The number of aryl methyl sites for hydroxylation is 1. The second-order valence-electron chi connectivity index (χ2n) is 6.05. The van der Waals surface area contributed by atoms with Gasteiger partial charge in [-0.25, -0.2) is 14.8 Å². The van der Waals surface area contributed by atoms with Gasteiger partial charge in [-0.1, -0.05) is 41.9 Å². The maximum atomic E-state index is 12.5. The smallest absolute Gasteiger partial charge is 0.350 e. The van der Waals surface area contributed by atoms with Gasteiger partial charge in [-0.2, -0.15) is 0 Å². The Bertz CT molecular complexity index is 1230. The van der Waals surface area contributed by atoms with E-state index in [2.05, 4.69) is 15.0 Å². The first-order chi connectivity index (χ1) is 13.5. The van der Waals surface area contributed by atoms with Crippen LogP contribution in [0.5, 0.6) is 0 Å². The summed E-state index contributed by atoms with van der Waals surface area (Å²) in [7, 11) is 0. The van der Waals surface area contributed by atoms with Gasteiger partial charge in [0.25, 0.3) is 5.56 Å². The number of aromatic nitrogens is 3. The molecular weight excluding hydrogens is 398 g/mol. The van der Waals surface area contributed by atoms with Gasteiger partial charge in [0.15, 0.2) is 0 Å². The fraction of sp³-hybridized carbons (Fsp3) is 0.100. The van der Waals surface area contributed by atoms with E-state index in [1.165, 1.54) is 11.3 Å². The first-order valence-corrected chi connectivity index (χ1v) is 9.59. The summed E-state index contributed by atoms with van der Waals surface area (Å²) in [6.07, 6.45) is 0. The minimum Gasteiger partial charge on any atom is -0.453 e. The molecule has 0 atom stereocenters. The topological polar surface area (TPSA) is 84.9 Å². The minimum absolute atomic E-state index is 0.158. The van der Waals surface area contributed by atoms with Crippen LogP contribution in [0.2, 0.25) is 5.02 Å². The second kappa shape index (κ2) is 7.53. The largest absolute Gasteiger partial charge is 0.453 e. The van der Waals surface area contributed by atoms with E-state index < -0.39 is 5.97 Å². The normalized spacial score (nSPS) is 10.9. The summed E-state index contributed by atoms with van der Waals surface area (Å²) in [4.78, 5) is 36.5. The van der Waals surface area contributed by atoms with Crippen molar-refractivity contribution in [3.8, 4) is 10.6 Å². The van der Waals surface area contributed by atoms with Crippen molar-refractivity contribution >= 4 is 39.8 Å². The van der Waals surface area contributed by atoms with Crippen LogP contribution < -0.4 is 5.56 Å². The fourth-order valence-electron chi connectivity index (χ4n) is 2.72. The monoisotopic (exact) mass is 411 g/mol. The highest BCUT2D eigenvalue weighted by atomic mass is 35.5. The molecule has 2 aromatic carbocycles. The molecule has 6 nitrogen and oxygen atoms in total. The molecule has 0 aliphatic heterocycles. The average Bonchev–Trinajstić information content (AvgIpc) is 3.08. The molecule has 0 saturated heterocycles. The molecule has 0 fully saturated rings. The number of esters is 1. The first kappa shape index (κ1) is 18.3. The highest BCUT2D eigenvalue weighted by Crippen LogP contribution is 2.28. The molecule has 140 valence electrons. The number of carbonyl (C=O) groups excluding carboxylic acids is 1. The van der Waals surface area contributed by atoms with Gasteiger partial charge in [0.05, 0.1) is 16.6 Å². The number of hydrogen-bond acceptors (Lipinski definition) is 6. The summed E-state index contributed by atoms with van der Waals surface area (Å²) < 4.78 is 5.34. The maximum absolute atomic E-state index is 12.5. The van der Waals surface area contributed by atoms with E-state index >= 15 is 0 Å². The zero-order chi connectivity index (χ0) is 19.7. The summed E-state index contributed by atoms with van der Waals surface area (Å²) in [5.74, 6) is -0.260. The van der Waals surface area contributed by atoms with Crippen molar-refractivity contribution < 1.29 is 9.53 Å². The second-order valence-corrected chi connectivity index (χ2v) is 7.49. The fourth-order valence-corrected chi connectivity index (χ4v) is 3.85. The van der Waals surface area contributed by atoms with Crippen molar-refractivity contribution in [3.63, 3.8) is 0 Å².